The number of hydrogen-bond acceptors (Lipinski definition) is 3. The van der Waals surface area contributed by atoms with Gasteiger partial charge in [0.25, 0.3) is 0 Å². The van der Waals surface area contributed by atoms with E-state index in [0.717, 1.165) is 57.0 Å². The molecule has 2 fully saturated rings. The molecular weight excluding hydrogens is 443 g/mol. The van der Waals surface area contributed by atoms with Gasteiger partial charge in [-0.1, -0.05) is 12.8 Å². The second-order valence-electron chi connectivity index (χ2n) is 6.99. The Bertz CT molecular complexity index is 570. The van der Waals surface area contributed by atoms with Crippen molar-refractivity contribution in [3.05, 3.63) is 24.2 Å². The number of hydrogen-bond donors (Lipinski definition) is 2. The monoisotopic (exact) mass is 474 g/mol. The van der Waals surface area contributed by atoms with Gasteiger partial charge in [0.2, 0.25) is 5.91 Å². The van der Waals surface area contributed by atoms with Crippen LogP contribution in [0, 0.1) is 5.92 Å². The molecule has 2 heterocycles. The van der Waals surface area contributed by atoms with Crippen molar-refractivity contribution in [2.75, 3.05) is 26.2 Å². The minimum Gasteiger partial charge on any atom is -0.469 e. The fourth-order valence-corrected chi connectivity index (χ4v) is 3.76. The van der Waals surface area contributed by atoms with Gasteiger partial charge in [-0.15, -0.1) is 24.0 Å². The Morgan fingerprint density at radius 2 is 2.15 bits per heavy atom. The largest absolute Gasteiger partial charge is 0.469 e. The summed E-state index contributed by atoms with van der Waals surface area (Å²) in [6.07, 6.45) is 8.03. The summed E-state index contributed by atoms with van der Waals surface area (Å²) >= 11 is 0. The van der Waals surface area contributed by atoms with Crippen LogP contribution in [0.1, 0.15) is 44.8 Å². The van der Waals surface area contributed by atoms with Crippen LogP contribution in [0.5, 0.6) is 0 Å². The van der Waals surface area contributed by atoms with Crippen molar-refractivity contribution in [2.24, 2.45) is 10.9 Å². The molecule has 1 amide bonds. The van der Waals surface area contributed by atoms with Gasteiger partial charge >= 0.3 is 0 Å². The molecule has 1 aromatic rings. The molecule has 1 aliphatic carbocycles. The lowest BCUT2D eigenvalue weighted by Gasteiger charge is -2.21. The highest BCUT2D eigenvalue weighted by Gasteiger charge is 2.32. The van der Waals surface area contributed by atoms with Crippen molar-refractivity contribution in [1.29, 1.82) is 0 Å². The predicted octanol–water partition coefficient (Wildman–Crippen LogP) is 2.79. The molecule has 6 nitrogen and oxygen atoms in total. The first kappa shape index (κ1) is 21.1. The van der Waals surface area contributed by atoms with Crippen molar-refractivity contribution in [3.8, 4) is 0 Å². The minimum atomic E-state index is 0. The maximum Gasteiger partial charge on any atom is 0.225 e. The third kappa shape index (κ3) is 5.89. The Labute approximate surface area is 173 Å². The minimum absolute atomic E-state index is 0. The summed E-state index contributed by atoms with van der Waals surface area (Å²) in [7, 11) is 0. The first-order valence-electron chi connectivity index (χ1n) is 9.62. The van der Waals surface area contributed by atoms with E-state index in [4.69, 9.17) is 4.42 Å². The summed E-state index contributed by atoms with van der Waals surface area (Å²) in [5, 5.41) is 6.78. The summed E-state index contributed by atoms with van der Waals surface area (Å²) in [5.74, 6) is 2.42. The molecule has 0 aromatic carbocycles. The van der Waals surface area contributed by atoms with Gasteiger partial charge in [0.15, 0.2) is 5.96 Å². The highest BCUT2D eigenvalue weighted by molar-refractivity contribution is 14.0. The molecular formula is C19H31IN4O2. The lowest BCUT2D eigenvalue weighted by Crippen LogP contribution is -2.45. The highest BCUT2D eigenvalue weighted by Crippen LogP contribution is 2.27. The fourth-order valence-electron chi connectivity index (χ4n) is 3.76. The summed E-state index contributed by atoms with van der Waals surface area (Å²) < 4.78 is 5.34. The molecule has 146 valence electrons. The van der Waals surface area contributed by atoms with Crippen LogP contribution in [-0.4, -0.2) is 49.0 Å². The van der Waals surface area contributed by atoms with Crippen LogP contribution in [0.4, 0.5) is 0 Å². The van der Waals surface area contributed by atoms with Gasteiger partial charge in [0, 0.05) is 44.6 Å². The second kappa shape index (κ2) is 10.8. The van der Waals surface area contributed by atoms with Gasteiger partial charge in [0.05, 0.1) is 6.26 Å². The van der Waals surface area contributed by atoms with Crippen LogP contribution < -0.4 is 10.6 Å². The molecule has 1 aromatic heterocycles. The third-order valence-electron chi connectivity index (χ3n) is 5.10. The molecule has 2 N–H and O–H groups in total. The molecule has 7 heteroatoms. The summed E-state index contributed by atoms with van der Waals surface area (Å²) in [6, 6.07) is 4.16. The van der Waals surface area contributed by atoms with Crippen LogP contribution >= 0.6 is 24.0 Å². The number of rotatable bonds is 6. The Morgan fingerprint density at radius 1 is 1.35 bits per heavy atom. The Hall–Kier alpha value is -1.25. The number of amides is 1. The molecule has 3 rings (SSSR count). The van der Waals surface area contributed by atoms with Gasteiger partial charge in [-0.3, -0.25) is 9.79 Å². The Balaban J connectivity index is 0.00000243. The van der Waals surface area contributed by atoms with Gasteiger partial charge in [0.1, 0.15) is 5.76 Å². The zero-order valence-corrected chi connectivity index (χ0v) is 17.9. The Morgan fingerprint density at radius 3 is 2.85 bits per heavy atom. The zero-order valence-electron chi connectivity index (χ0n) is 15.6. The molecule has 1 saturated carbocycles. The number of furan rings is 1. The van der Waals surface area contributed by atoms with Crippen molar-refractivity contribution in [2.45, 2.75) is 51.5 Å². The number of nitrogens with zero attached hydrogens (tertiary/aromatic N) is 2. The zero-order chi connectivity index (χ0) is 17.5. The number of aliphatic imine (C=N–C) groups is 1. The van der Waals surface area contributed by atoms with E-state index < -0.39 is 0 Å². The average molecular weight is 474 g/mol. The molecule has 1 atom stereocenters. The normalized spacial score (nSPS) is 20.9. The number of halogens is 1. The summed E-state index contributed by atoms with van der Waals surface area (Å²) in [4.78, 5) is 19.2. The number of carbonyl (C=O) groups is 1. The molecule has 1 unspecified atom stereocenters. The first-order chi connectivity index (χ1) is 12.3. The maximum atomic E-state index is 12.5. The molecule has 1 saturated heterocycles. The van der Waals surface area contributed by atoms with Crippen LogP contribution in [0.3, 0.4) is 0 Å². The predicted molar refractivity (Wildman–Crippen MR) is 114 cm³/mol. The molecule has 0 spiro atoms. The maximum absolute atomic E-state index is 12.5. The molecule has 0 radical (unpaired) electrons. The molecule has 1 aliphatic heterocycles. The quantitative estimate of drug-likeness (QED) is 0.378. The van der Waals surface area contributed by atoms with E-state index in [1.54, 1.807) is 6.26 Å². The van der Waals surface area contributed by atoms with Crippen LogP contribution in [0.2, 0.25) is 0 Å². The smallest absolute Gasteiger partial charge is 0.225 e. The molecule has 26 heavy (non-hydrogen) atoms. The van der Waals surface area contributed by atoms with Crippen molar-refractivity contribution < 1.29 is 9.21 Å². The fraction of sp³-hybridized carbons (Fsp3) is 0.684. The van der Waals surface area contributed by atoms with E-state index >= 15 is 0 Å². The second-order valence-corrected chi connectivity index (χ2v) is 6.99. The topological polar surface area (TPSA) is 69.9 Å². The highest BCUT2D eigenvalue weighted by atomic mass is 127. The van der Waals surface area contributed by atoms with Gasteiger partial charge in [-0.25, -0.2) is 0 Å². The number of guanidine groups is 1. The van der Waals surface area contributed by atoms with Crippen molar-refractivity contribution in [3.63, 3.8) is 0 Å². The lowest BCUT2D eigenvalue weighted by atomic mass is 10.1. The van der Waals surface area contributed by atoms with Crippen molar-refractivity contribution in [1.82, 2.24) is 15.5 Å². The lowest BCUT2D eigenvalue weighted by molar-refractivity contribution is -0.134. The Kier molecular flexibility index (Phi) is 8.74. The average Bonchev–Trinajstić information content (AvgIpc) is 3.37. The third-order valence-corrected chi connectivity index (χ3v) is 5.10. The molecule has 0 bridgehead atoms. The number of likely N-dealkylation sites (tertiary alicyclic amines) is 1. The van der Waals surface area contributed by atoms with E-state index in [9.17, 15) is 4.79 Å². The first-order valence-corrected chi connectivity index (χ1v) is 9.62. The SMILES string of the molecule is CCNC(=NCCc1ccco1)NC1CCN(C(=O)C2CCCC2)C1.I. The number of nitrogens with one attached hydrogen (secondary N) is 2. The summed E-state index contributed by atoms with van der Waals surface area (Å²) in [6.45, 7) is 5.22. The van der Waals surface area contributed by atoms with Crippen LogP contribution in [-0.2, 0) is 11.2 Å². The van der Waals surface area contributed by atoms with Gasteiger partial charge in [-0.05, 0) is 38.3 Å². The van der Waals surface area contributed by atoms with E-state index in [-0.39, 0.29) is 35.9 Å². The number of carbonyl (C=O) groups excluding carboxylic acids is 1. The standard InChI is InChI=1S/C19H30N4O2.HI/c1-2-20-19(21-11-9-17-8-5-13-25-17)22-16-10-12-23(14-16)18(24)15-6-3-4-7-15;/h5,8,13,15-16H,2-4,6-7,9-12,14H2,1H3,(H2,20,21,22);1H. The van der Waals surface area contributed by atoms with Gasteiger partial charge < -0.3 is 20.0 Å². The molecule has 2 aliphatic rings. The van der Waals surface area contributed by atoms with E-state index in [1.807, 2.05) is 17.0 Å². The van der Waals surface area contributed by atoms with E-state index in [1.165, 1.54) is 12.8 Å². The van der Waals surface area contributed by atoms with Crippen LogP contribution in [0.15, 0.2) is 27.8 Å². The van der Waals surface area contributed by atoms with Crippen molar-refractivity contribution >= 4 is 35.8 Å². The van der Waals surface area contributed by atoms with E-state index in [2.05, 4.69) is 22.5 Å². The summed E-state index contributed by atoms with van der Waals surface area (Å²) in [5.41, 5.74) is 0. The van der Waals surface area contributed by atoms with Crippen LogP contribution in [0.25, 0.3) is 0 Å². The van der Waals surface area contributed by atoms with Gasteiger partial charge in [-0.2, -0.15) is 0 Å². The van der Waals surface area contributed by atoms with E-state index in [0.29, 0.717) is 12.5 Å².